The van der Waals surface area contributed by atoms with Crippen molar-refractivity contribution in [3.05, 3.63) is 65.7 Å². The molecule has 1 N–H and O–H groups in total. The average Bonchev–Trinajstić information content (AvgIpc) is 3.14. The highest BCUT2D eigenvalue weighted by atomic mass is 16.4. The van der Waals surface area contributed by atoms with Crippen LogP contribution in [0.1, 0.15) is 40.0 Å². The first-order chi connectivity index (χ1) is 13.0. The number of likely N-dealkylation sites (tertiary alicyclic amines) is 1. The third-order valence-corrected chi connectivity index (χ3v) is 4.85. The number of carboxylic acid groups (broad SMARTS) is 1. The van der Waals surface area contributed by atoms with Crippen molar-refractivity contribution in [3.8, 4) is 0 Å². The van der Waals surface area contributed by atoms with Gasteiger partial charge in [-0.1, -0.05) is 24.3 Å². The van der Waals surface area contributed by atoms with Crippen LogP contribution < -0.4 is 4.90 Å². The van der Waals surface area contributed by atoms with Crippen molar-refractivity contribution in [2.24, 2.45) is 0 Å². The van der Waals surface area contributed by atoms with Crippen LogP contribution >= 0.6 is 0 Å². The van der Waals surface area contributed by atoms with Gasteiger partial charge in [-0.25, -0.2) is 0 Å². The van der Waals surface area contributed by atoms with Crippen LogP contribution in [-0.2, 0) is 4.79 Å². The minimum absolute atomic E-state index is 0.0545. The van der Waals surface area contributed by atoms with Gasteiger partial charge >= 0.3 is 5.97 Å². The van der Waals surface area contributed by atoms with E-state index in [1.54, 1.807) is 36.2 Å². The molecule has 0 spiro atoms. The molecule has 1 atom stereocenters. The van der Waals surface area contributed by atoms with Gasteiger partial charge in [0.2, 0.25) is 0 Å². The maximum atomic E-state index is 12.9. The van der Waals surface area contributed by atoms with Crippen LogP contribution in [0.2, 0.25) is 0 Å². The smallest absolute Gasteiger partial charge is 0.305 e. The minimum atomic E-state index is -0.909. The largest absolute Gasteiger partial charge is 0.481 e. The predicted molar refractivity (Wildman–Crippen MR) is 102 cm³/mol. The molecular weight excluding hydrogens is 344 g/mol. The molecule has 1 saturated heterocycles. The number of hydrogen-bond acceptors (Lipinski definition) is 3. The third kappa shape index (κ3) is 4.16. The number of carbonyl (C=O) groups is 3. The summed E-state index contributed by atoms with van der Waals surface area (Å²) in [6, 6.07) is 15.6. The van der Waals surface area contributed by atoms with Crippen LogP contribution in [-0.4, -0.2) is 47.4 Å². The summed E-state index contributed by atoms with van der Waals surface area (Å²) in [5, 5.41) is 9.04. The van der Waals surface area contributed by atoms with Crippen molar-refractivity contribution >= 4 is 23.5 Å². The number of rotatable bonds is 5. The quantitative estimate of drug-likeness (QED) is 0.882. The number of aliphatic carboxylic acids is 1. The molecule has 6 heteroatoms. The Morgan fingerprint density at radius 1 is 1.07 bits per heavy atom. The summed E-state index contributed by atoms with van der Waals surface area (Å²) in [4.78, 5) is 39.8. The molecule has 1 fully saturated rings. The molecule has 2 aromatic rings. The Kier molecular flexibility index (Phi) is 5.54. The van der Waals surface area contributed by atoms with E-state index in [1.807, 2.05) is 30.3 Å². The minimum Gasteiger partial charge on any atom is -0.481 e. The molecule has 1 aliphatic rings. The zero-order valence-corrected chi connectivity index (χ0v) is 15.2. The number of anilines is 1. The Balaban J connectivity index is 1.80. The molecule has 2 aromatic carbocycles. The lowest BCUT2D eigenvalue weighted by molar-refractivity contribution is -0.137. The predicted octanol–water partition coefficient (Wildman–Crippen LogP) is 3.04. The average molecular weight is 366 g/mol. The van der Waals surface area contributed by atoms with E-state index >= 15 is 0 Å². The molecule has 27 heavy (non-hydrogen) atoms. The molecule has 0 aromatic heterocycles. The topological polar surface area (TPSA) is 77.9 Å². The Labute approximate surface area is 158 Å². The first-order valence-electron chi connectivity index (χ1n) is 8.93. The van der Waals surface area contributed by atoms with Crippen molar-refractivity contribution in [2.75, 3.05) is 18.5 Å². The molecule has 0 saturated carbocycles. The van der Waals surface area contributed by atoms with Gasteiger partial charge in [-0.2, -0.15) is 0 Å². The number of nitrogens with zero attached hydrogens (tertiary/aromatic N) is 2. The van der Waals surface area contributed by atoms with E-state index in [-0.39, 0.29) is 24.3 Å². The van der Waals surface area contributed by atoms with Gasteiger partial charge in [0.1, 0.15) is 0 Å². The second-order valence-corrected chi connectivity index (χ2v) is 6.67. The summed E-state index contributed by atoms with van der Waals surface area (Å²) in [6.07, 6.45) is 1.42. The lowest BCUT2D eigenvalue weighted by atomic mass is 10.1. The molecule has 1 aliphatic heterocycles. The van der Waals surface area contributed by atoms with Gasteiger partial charge in [-0.15, -0.1) is 0 Å². The van der Waals surface area contributed by atoms with Crippen molar-refractivity contribution in [2.45, 2.75) is 25.3 Å². The molecule has 140 valence electrons. The summed E-state index contributed by atoms with van der Waals surface area (Å²) >= 11 is 0. The van der Waals surface area contributed by atoms with Crippen LogP contribution in [0.3, 0.4) is 0 Å². The molecule has 6 nitrogen and oxygen atoms in total. The lowest BCUT2D eigenvalue weighted by Gasteiger charge is -2.24. The van der Waals surface area contributed by atoms with Crippen LogP contribution in [0.25, 0.3) is 0 Å². The van der Waals surface area contributed by atoms with Gasteiger partial charge in [0, 0.05) is 36.4 Å². The molecule has 1 heterocycles. The second-order valence-electron chi connectivity index (χ2n) is 6.67. The van der Waals surface area contributed by atoms with Crippen LogP contribution in [0.15, 0.2) is 54.6 Å². The van der Waals surface area contributed by atoms with Gasteiger partial charge in [-0.3, -0.25) is 14.4 Å². The maximum Gasteiger partial charge on any atom is 0.305 e. The van der Waals surface area contributed by atoms with Crippen molar-refractivity contribution in [3.63, 3.8) is 0 Å². The van der Waals surface area contributed by atoms with Crippen LogP contribution in [0.4, 0.5) is 5.69 Å². The lowest BCUT2D eigenvalue weighted by Crippen LogP contribution is -2.37. The molecule has 0 aliphatic carbocycles. The van der Waals surface area contributed by atoms with Gasteiger partial charge < -0.3 is 14.9 Å². The van der Waals surface area contributed by atoms with Crippen molar-refractivity contribution in [1.29, 1.82) is 0 Å². The van der Waals surface area contributed by atoms with Crippen molar-refractivity contribution < 1.29 is 19.5 Å². The Hall–Kier alpha value is -3.15. The Bertz CT molecular complexity index is 850. The fraction of sp³-hybridized carbons (Fsp3) is 0.286. The fourth-order valence-electron chi connectivity index (χ4n) is 3.43. The molecule has 0 bridgehead atoms. The molecule has 0 radical (unpaired) electrons. The van der Waals surface area contributed by atoms with E-state index in [9.17, 15) is 14.4 Å². The Morgan fingerprint density at radius 2 is 1.78 bits per heavy atom. The number of hydrogen-bond donors (Lipinski definition) is 1. The number of carboxylic acids is 1. The standard InChI is InChI=1S/C21H22N2O4/c1-22(17-9-3-2-4-10-17)20(26)15-7-5-8-16(13-15)21(27)23-12-6-11-18(23)14-19(24)25/h2-5,7-10,13,18H,6,11-12,14H2,1H3,(H,24,25). The summed E-state index contributed by atoms with van der Waals surface area (Å²) in [6.45, 7) is 0.541. The molecule has 2 amide bonds. The fourth-order valence-corrected chi connectivity index (χ4v) is 3.43. The SMILES string of the molecule is CN(C(=O)c1cccc(C(=O)N2CCCC2CC(=O)O)c1)c1ccccc1. The number of amides is 2. The van der Waals surface area contributed by atoms with E-state index in [2.05, 4.69) is 0 Å². The van der Waals surface area contributed by atoms with E-state index in [1.165, 1.54) is 4.90 Å². The van der Waals surface area contributed by atoms with Gasteiger partial charge in [0.05, 0.1) is 6.42 Å². The number of para-hydroxylation sites is 1. The summed E-state index contributed by atoms with van der Waals surface area (Å²) in [7, 11) is 1.69. The molecule has 1 unspecified atom stereocenters. The van der Waals surface area contributed by atoms with Gasteiger partial charge in [-0.05, 0) is 43.2 Å². The highest BCUT2D eigenvalue weighted by Crippen LogP contribution is 2.23. The third-order valence-electron chi connectivity index (χ3n) is 4.85. The summed E-state index contributed by atoms with van der Waals surface area (Å²) in [5.74, 6) is -1.34. The monoisotopic (exact) mass is 366 g/mol. The molecular formula is C21H22N2O4. The Morgan fingerprint density at radius 3 is 2.48 bits per heavy atom. The van der Waals surface area contributed by atoms with Crippen LogP contribution in [0, 0.1) is 0 Å². The second kappa shape index (κ2) is 8.03. The normalized spacial score (nSPS) is 16.2. The first kappa shape index (κ1) is 18.6. The zero-order valence-electron chi connectivity index (χ0n) is 15.2. The maximum absolute atomic E-state index is 12.9. The zero-order chi connectivity index (χ0) is 19.4. The summed E-state index contributed by atoms with van der Waals surface area (Å²) in [5.41, 5.74) is 1.58. The van der Waals surface area contributed by atoms with Gasteiger partial charge in [0.25, 0.3) is 11.8 Å². The summed E-state index contributed by atoms with van der Waals surface area (Å²) < 4.78 is 0. The number of carbonyl (C=O) groups excluding carboxylic acids is 2. The van der Waals surface area contributed by atoms with E-state index < -0.39 is 5.97 Å². The van der Waals surface area contributed by atoms with E-state index in [0.717, 1.165) is 12.1 Å². The number of benzene rings is 2. The molecule has 3 rings (SSSR count). The first-order valence-corrected chi connectivity index (χ1v) is 8.93. The van der Waals surface area contributed by atoms with E-state index in [0.29, 0.717) is 24.1 Å². The van der Waals surface area contributed by atoms with Gasteiger partial charge in [0.15, 0.2) is 0 Å². The highest BCUT2D eigenvalue weighted by Gasteiger charge is 2.31. The highest BCUT2D eigenvalue weighted by molar-refractivity contribution is 6.07. The van der Waals surface area contributed by atoms with E-state index in [4.69, 9.17) is 5.11 Å². The van der Waals surface area contributed by atoms with Crippen LogP contribution in [0.5, 0.6) is 0 Å². The van der Waals surface area contributed by atoms with Crippen molar-refractivity contribution in [1.82, 2.24) is 4.90 Å².